The molecule has 0 spiro atoms. The molecule has 0 atom stereocenters. The van der Waals surface area contributed by atoms with Crippen LogP contribution in [0.15, 0.2) is 36.7 Å². The second-order valence-electron chi connectivity index (χ2n) is 6.77. The van der Waals surface area contributed by atoms with Crippen molar-refractivity contribution in [1.29, 1.82) is 0 Å². The van der Waals surface area contributed by atoms with Crippen LogP contribution in [0.25, 0.3) is 0 Å². The van der Waals surface area contributed by atoms with Gasteiger partial charge in [-0.15, -0.1) is 0 Å². The summed E-state index contributed by atoms with van der Waals surface area (Å²) in [5.74, 6) is -0.204. The highest BCUT2D eigenvalue weighted by Gasteiger charge is 2.21. The van der Waals surface area contributed by atoms with Crippen molar-refractivity contribution < 1.29 is 9.59 Å². The van der Waals surface area contributed by atoms with Gasteiger partial charge in [0.05, 0.1) is 5.69 Å². The third-order valence-electron chi connectivity index (χ3n) is 4.49. The summed E-state index contributed by atoms with van der Waals surface area (Å²) in [5.41, 5.74) is 5.12. The molecule has 0 fully saturated rings. The first-order valence-corrected chi connectivity index (χ1v) is 8.78. The quantitative estimate of drug-likeness (QED) is 0.802. The van der Waals surface area contributed by atoms with E-state index in [-0.39, 0.29) is 18.4 Å². The average molecular weight is 353 g/mol. The summed E-state index contributed by atoms with van der Waals surface area (Å²) in [6.45, 7) is 8.13. The highest BCUT2D eigenvalue weighted by molar-refractivity contribution is 5.98. The first-order chi connectivity index (χ1) is 12.3. The Kier molecular flexibility index (Phi) is 6.50. The molecule has 2 rings (SSSR count). The lowest BCUT2D eigenvalue weighted by atomic mass is 10.0. The number of hydrogen-bond acceptors (Lipinski definition) is 3. The van der Waals surface area contributed by atoms with Crippen LogP contribution in [-0.2, 0) is 16.0 Å². The van der Waals surface area contributed by atoms with Crippen LogP contribution in [0.4, 0.5) is 5.69 Å². The number of aromatic nitrogens is 1. The molecule has 0 saturated carbocycles. The largest absolute Gasteiger partial charge is 0.344 e. The Morgan fingerprint density at radius 2 is 1.62 bits per heavy atom. The summed E-state index contributed by atoms with van der Waals surface area (Å²) < 4.78 is 0. The number of pyridine rings is 1. The molecule has 0 radical (unpaired) electrons. The zero-order valence-corrected chi connectivity index (χ0v) is 16.2. The molecule has 1 heterocycles. The molecule has 0 N–H and O–H groups in total. The third-order valence-corrected chi connectivity index (χ3v) is 4.49. The van der Waals surface area contributed by atoms with Gasteiger partial charge >= 0.3 is 0 Å². The highest BCUT2D eigenvalue weighted by Crippen LogP contribution is 2.26. The summed E-state index contributed by atoms with van der Waals surface area (Å²) in [7, 11) is 1.77. The van der Waals surface area contributed by atoms with Gasteiger partial charge in [-0.3, -0.25) is 14.6 Å². The molecule has 0 unspecified atom stereocenters. The minimum Gasteiger partial charge on any atom is -0.344 e. The van der Waals surface area contributed by atoms with Gasteiger partial charge in [0.2, 0.25) is 11.8 Å². The molecular weight excluding hydrogens is 326 g/mol. The van der Waals surface area contributed by atoms with Crippen LogP contribution in [0.2, 0.25) is 0 Å². The molecule has 5 heteroatoms. The molecule has 138 valence electrons. The molecule has 0 aliphatic rings. The number of aryl methyl sites for hydroxylation is 3. The van der Waals surface area contributed by atoms with Crippen molar-refractivity contribution in [2.75, 3.05) is 25.0 Å². The molecule has 26 heavy (non-hydrogen) atoms. The van der Waals surface area contributed by atoms with E-state index in [1.807, 2.05) is 45.0 Å². The van der Waals surface area contributed by atoms with E-state index >= 15 is 0 Å². The number of carbonyl (C=O) groups excluding carboxylic acids is 2. The van der Waals surface area contributed by atoms with E-state index in [4.69, 9.17) is 0 Å². The normalized spacial score (nSPS) is 10.5. The molecule has 1 aromatic carbocycles. The van der Waals surface area contributed by atoms with Gasteiger partial charge < -0.3 is 9.80 Å². The molecule has 0 aliphatic carbocycles. The molecular formula is C21H27N3O2. The number of likely N-dealkylation sites (N-methyl/N-ethyl adjacent to an activating group) is 1. The van der Waals surface area contributed by atoms with E-state index in [0.717, 1.165) is 34.4 Å². The maximum atomic E-state index is 12.7. The van der Waals surface area contributed by atoms with E-state index in [9.17, 15) is 9.59 Å². The lowest BCUT2D eigenvalue weighted by molar-refractivity contribution is -0.130. The fraction of sp³-hybridized carbons (Fsp3) is 0.381. The minimum absolute atomic E-state index is 0.0485. The molecule has 5 nitrogen and oxygen atoms in total. The Balaban J connectivity index is 2.10. The fourth-order valence-corrected chi connectivity index (χ4v) is 3.17. The van der Waals surface area contributed by atoms with Gasteiger partial charge in [-0.05, 0) is 56.0 Å². The fourth-order valence-electron chi connectivity index (χ4n) is 3.17. The molecule has 0 aliphatic heterocycles. The summed E-state index contributed by atoms with van der Waals surface area (Å²) in [6, 6.07) is 7.96. The van der Waals surface area contributed by atoms with Crippen molar-refractivity contribution in [3.8, 4) is 0 Å². The highest BCUT2D eigenvalue weighted by atomic mass is 16.2. The number of nitrogens with zero attached hydrogens (tertiary/aromatic N) is 3. The number of benzene rings is 1. The number of anilines is 1. The number of hydrogen-bond donors (Lipinski definition) is 0. The Morgan fingerprint density at radius 3 is 2.15 bits per heavy atom. The smallest absolute Gasteiger partial charge is 0.242 e. The molecule has 0 bridgehead atoms. The predicted molar refractivity (Wildman–Crippen MR) is 104 cm³/mol. The zero-order valence-electron chi connectivity index (χ0n) is 16.2. The minimum atomic E-state index is -0.129. The SMILES string of the molecule is CC(=O)N(CC(=O)N(C)CCc1ccncc1)c1c(C)cc(C)cc1C. The van der Waals surface area contributed by atoms with E-state index < -0.39 is 0 Å². The molecule has 2 aromatic rings. The van der Waals surface area contributed by atoms with Gasteiger partial charge in [0.1, 0.15) is 6.54 Å². The van der Waals surface area contributed by atoms with E-state index in [1.165, 1.54) is 6.92 Å². The maximum Gasteiger partial charge on any atom is 0.242 e. The molecule has 0 saturated heterocycles. The second kappa shape index (κ2) is 8.61. The standard InChI is InChI=1S/C21H27N3O2/c1-15-12-16(2)21(17(3)13-15)24(18(4)25)14-20(26)23(5)11-8-19-6-9-22-10-7-19/h6-7,9-10,12-13H,8,11,14H2,1-5H3. The van der Waals surface area contributed by atoms with Crippen molar-refractivity contribution in [3.63, 3.8) is 0 Å². The molecule has 2 amide bonds. The zero-order chi connectivity index (χ0) is 19.3. The van der Waals surface area contributed by atoms with Gasteiger partial charge in [-0.25, -0.2) is 0 Å². The van der Waals surface area contributed by atoms with Gasteiger partial charge in [0.25, 0.3) is 0 Å². The van der Waals surface area contributed by atoms with Crippen LogP contribution in [-0.4, -0.2) is 41.8 Å². The first-order valence-electron chi connectivity index (χ1n) is 8.78. The second-order valence-corrected chi connectivity index (χ2v) is 6.77. The van der Waals surface area contributed by atoms with Crippen LogP contribution in [0.1, 0.15) is 29.2 Å². The molecule has 1 aromatic heterocycles. The average Bonchev–Trinajstić information content (AvgIpc) is 2.58. The van der Waals surface area contributed by atoms with E-state index in [0.29, 0.717) is 6.54 Å². The first kappa shape index (κ1) is 19.6. The van der Waals surface area contributed by atoms with Gasteiger partial charge in [0, 0.05) is 32.9 Å². The Labute approximate surface area is 155 Å². The number of amides is 2. The van der Waals surface area contributed by atoms with E-state index in [2.05, 4.69) is 4.98 Å². The lowest BCUT2D eigenvalue weighted by Crippen LogP contribution is -2.42. The van der Waals surface area contributed by atoms with Crippen LogP contribution in [0.3, 0.4) is 0 Å². The summed E-state index contributed by atoms with van der Waals surface area (Å²) >= 11 is 0. The van der Waals surface area contributed by atoms with Gasteiger partial charge in [-0.2, -0.15) is 0 Å². The topological polar surface area (TPSA) is 53.5 Å². The number of carbonyl (C=O) groups is 2. The number of rotatable bonds is 6. The summed E-state index contributed by atoms with van der Waals surface area (Å²) in [5, 5.41) is 0. The monoisotopic (exact) mass is 353 g/mol. The van der Waals surface area contributed by atoms with E-state index in [1.54, 1.807) is 29.2 Å². The van der Waals surface area contributed by atoms with Gasteiger partial charge in [-0.1, -0.05) is 17.7 Å². The van der Waals surface area contributed by atoms with Crippen molar-refractivity contribution in [2.24, 2.45) is 0 Å². The Hall–Kier alpha value is -2.69. The van der Waals surface area contributed by atoms with Crippen molar-refractivity contribution in [3.05, 3.63) is 58.9 Å². The van der Waals surface area contributed by atoms with Crippen LogP contribution < -0.4 is 4.90 Å². The van der Waals surface area contributed by atoms with Crippen molar-refractivity contribution >= 4 is 17.5 Å². The Bertz CT molecular complexity index is 764. The predicted octanol–water partition coefficient (Wildman–Crippen LogP) is 3.06. The van der Waals surface area contributed by atoms with Crippen molar-refractivity contribution in [1.82, 2.24) is 9.88 Å². The van der Waals surface area contributed by atoms with Crippen molar-refractivity contribution in [2.45, 2.75) is 34.1 Å². The maximum absolute atomic E-state index is 12.7. The van der Waals surface area contributed by atoms with Crippen LogP contribution in [0.5, 0.6) is 0 Å². The van der Waals surface area contributed by atoms with Gasteiger partial charge in [0.15, 0.2) is 0 Å². The lowest BCUT2D eigenvalue weighted by Gasteiger charge is -2.27. The van der Waals surface area contributed by atoms with Crippen LogP contribution >= 0.6 is 0 Å². The Morgan fingerprint density at radius 1 is 1.04 bits per heavy atom. The summed E-state index contributed by atoms with van der Waals surface area (Å²) in [4.78, 5) is 32.1. The van der Waals surface area contributed by atoms with Crippen LogP contribution in [0, 0.1) is 20.8 Å². The summed E-state index contributed by atoms with van der Waals surface area (Å²) in [6.07, 6.45) is 4.25. The third kappa shape index (κ3) is 4.91.